The molecule has 2 aromatic heterocycles. The van der Waals surface area contributed by atoms with Gasteiger partial charge in [0.1, 0.15) is 4.60 Å². The van der Waals surface area contributed by atoms with E-state index in [0.29, 0.717) is 11.5 Å². The summed E-state index contributed by atoms with van der Waals surface area (Å²) in [5.74, 6) is 0.636. The standard InChI is InChI=1S/C13H12BrN5/c1-7-4-9(5-8-6-16-19-12(7)8)17-13-10(15)2-3-11(14)18-13/h2-6H,15H2,1H3,(H,16,19)(H,17,18). The first-order valence-corrected chi connectivity index (χ1v) is 6.55. The van der Waals surface area contributed by atoms with Crippen LogP contribution in [0.25, 0.3) is 10.9 Å². The van der Waals surface area contributed by atoms with Crippen LogP contribution in [0.2, 0.25) is 0 Å². The lowest BCUT2D eigenvalue weighted by Gasteiger charge is -2.09. The summed E-state index contributed by atoms with van der Waals surface area (Å²) in [6.07, 6.45) is 1.80. The molecule has 0 aliphatic rings. The topological polar surface area (TPSA) is 79.6 Å². The van der Waals surface area contributed by atoms with Crippen LogP contribution in [-0.2, 0) is 0 Å². The molecule has 4 N–H and O–H groups in total. The van der Waals surface area contributed by atoms with Crippen molar-refractivity contribution in [3.05, 3.63) is 40.6 Å². The molecule has 96 valence electrons. The van der Waals surface area contributed by atoms with E-state index < -0.39 is 0 Å². The fourth-order valence-electron chi connectivity index (χ4n) is 1.99. The number of pyridine rings is 1. The summed E-state index contributed by atoms with van der Waals surface area (Å²) in [6, 6.07) is 7.66. The monoisotopic (exact) mass is 317 g/mol. The largest absolute Gasteiger partial charge is 0.396 e. The van der Waals surface area contributed by atoms with Crippen LogP contribution in [0, 0.1) is 6.92 Å². The number of aryl methyl sites for hydroxylation is 1. The van der Waals surface area contributed by atoms with Crippen molar-refractivity contribution in [1.82, 2.24) is 15.2 Å². The van der Waals surface area contributed by atoms with Crippen LogP contribution in [-0.4, -0.2) is 15.2 Å². The maximum atomic E-state index is 5.90. The number of benzene rings is 1. The van der Waals surface area contributed by atoms with E-state index in [4.69, 9.17) is 5.73 Å². The number of aromatic nitrogens is 3. The maximum Gasteiger partial charge on any atom is 0.154 e. The second-order valence-electron chi connectivity index (χ2n) is 4.32. The first kappa shape index (κ1) is 12.0. The Bertz CT molecular complexity index is 750. The lowest BCUT2D eigenvalue weighted by atomic mass is 10.1. The Hall–Kier alpha value is -2.08. The molecule has 6 heteroatoms. The Kier molecular flexibility index (Phi) is 2.87. The minimum atomic E-state index is 0.605. The summed E-state index contributed by atoms with van der Waals surface area (Å²) in [5, 5.41) is 11.3. The van der Waals surface area contributed by atoms with Gasteiger partial charge in [0.05, 0.1) is 17.4 Å². The third-order valence-corrected chi connectivity index (χ3v) is 3.34. The third-order valence-electron chi connectivity index (χ3n) is 2.90. The van der Waals surface area contributed by atoms with Crippen LogP contribution in [0.5, 0.6) is 0 Å². The number of nitrogen functional groups attached to an aromatic ring is 1. The summed E-state index contributed by atoms with van der Waals surface area (Å²) in [5.41, 5.74) is 9.60. The van der Waals surface area contributed by atoms with Crippen molar-refractivity contribution in [2.24, 2.45) is 0 Å². The molecular formula is C13H12BrN5. The van der Waals surface area contributed by atoms with Crippen molar-refractivity contribution in [2.75, 3.05) is 11.1 Å². The molecule has 1 aromatic carbocycles. The predicted molar refractivity (Wildman–Crippen MR) is 80.5 cm³/mol. The maximum absolute atomic E-state index is 5.90. The minimum absolute atomic E-state index is 0.605. The minimum Gasteiger partial charge on any atom is -0.396 e. The van der Waals surface area contributed by atoms with Gasteiger partial charge in [-0.15, -0.1) is 0 Å². The van der Waals surface area contributed by atoms with Gasteiger partial charge in [-0.1, -0.05) is 0 Å². The number of hydrogen-bond acceptors (Lipinski definition) is 4. The van der Waals surface area contributed by atoms with Crippen LogP contribution in [0.3, 0.4) is 0 Å². The number of rotatable bonds is 2. The van der Waals surface area contributed by atoms with Gasteiger partial charge in [0, 0.05) is 11.1 Å². The molecule has 0 saturated carbocycles. The number of nitrogens with zero attached hydrogens (tertiary/aromatic N) is 2. The zero-order chi connectivity index (χ0) is 13.4. The number of hydrogen-bond donors (Lipinski definition) is 3. The van der Waals surface area contributed by atoms with E-state index in [1.54, 1.807) is 6.20 Å². The summed E-state index contributed by atoms with van der Waals surface area (Å²) >= 11 is 3.34. The number of nitrogens with two attached hydrogens (primary N) is 1. The molecule has 5 nitrogen and oxygen atoms in total. The van der Waals surface area contributed by atoms with Gasteiger partial charge in [-0.05, 0) is 52.7 Å². The average Bonchev–Trinajstić information content (AvgIpc) is 2.82. The number of nitrogens with one attached hydrogen (secondary N) is 2. The van der Waals surface area contributed by atoms with Crippen LogP contribution >= 0.6 is 15.9 Å². The number of fused-ring (bicyclic) bond motifs is 1. The number of H-pyrrole nitrogens is 1. The molecular weight excluding hydrogens is 306 g/mol. The smallest absolute Gasteiger partial charge is 0.154 e. The summed E-state index contributed by atoms with van der Waals surface area (Å²) in [6.45, 7) is 2.03. The van der Waals surface area contributed by atoms with Gasteiger partial charge in [-0.2, -0.15) is 5.10 Å². The second kappa shape index (κ2) is 4.55. The average molecular weight is 318 g/mol. The van der Waals surface area contributed by atoms with Crippen LogP contribution < -0.4 is 11.1 Å². The zero-order valence-corrected chi connectivity index (χ0v) is 11.8. The highest BCUT2D eigenvalue weighted by atomic mass is 79.9. The Morgan fingerprint density at radius 3 is 3.00 bits per heavy atom. The van der Waals surface area contributed by atoms with Gasteiger partial charge in [0.2, 0.25) is 0 Å². The summed E-state index contributed by atoms with van der Waals surface area (Å²) in [4.78, 5) is 4.32. The van der Waals surface area contributed by atoms with E-state index in [1.165, 1.54) is 0 Å². The van der Waals surface area contributed by atoms with Crippen molar-refractivity contribution in [3.8, 4) is 0 Å². The Balaban J connectivity index is 2.03. The van der Waals surface area contributed by atoms with Crippen molar-refractivity contribution in [1.29, 1.82) is 0 Å². The van der Waals surface area contributed by atoms with E-state index >= 15 is 0 Å². The molecule has 0 amide bonds. The van der Waals surface area contributed by atoms with Gasteiger partial charge in [0.15, 0.2) is 5.82 Å². The van der Waals surface area contributed by atoms with Crippen molar-refractivity contribution in [2.45, 2.75) is 6.92 Å². The number of anilines is 3. The number of aromatic amines is 1. The lowest BCUT2D eigenvalue weighted by molar-refractivity contribution is 1.11. The molecule has 19 heavy (non-hydrogen) atoms. The zero-order valence-electron chi connectivity index (χ0n) is 10.2. The van der Waals surface area contributed by atoms with Crippen LogP contribution in [0.1, 0.15) is 5.56 Å². The molecule has 0 unspecified atom stereocenters. The third kappa shape index (κ3) is 2.26. The van der Waals surface area contributed by atoms with Gasteiger partial charge in [-0.3, -0.25) is 5.10 Å². The lowest BCUT2D eigenvalue weighted by Crippen LogP contribution is -1.99. The molecule has 0 bridgehead atoms. The quantitative estimate of drug-likeness (QED) is 0.633. The predicted octanol–water partition coefficient (Wildman–Crippen LogP) is 3.35. The number of halogens is 1. The first-order valence-electron chi connectivity index (χ1n) is 5.76. The fraction of sp³-hybridized carbons (Fsp3) is 0.0769. The van der Waals surface area contributed by atoms with Crippen LogP contribution in [0.15, 0.2) is 35.1 Å². The Morgan fingerprint density at radius 2 is 2.16 bits per heavy atom. The van der Waals surface area contributed by atoms with E-state index in [9.17, 15) is 0 Å². The Morgan fingerprint density at radius 1 is 1.32 bits per heavy atom. The molecule has 0 saturated heterocycles. The molecule has 3 rings (SSSR count). The van der Waals surface area contributed by atoms with Crippen molar-refractivity contribution < 1.29 is 0 Å². The summed E-state index contributed by atoms with van der Waals surface area (Å²) in [7, 11) is 0. The van der Waals surface area contributed by atoms with E-state index in [-0.39, 0.29) is 0 Å². The van der Waals surface area contributed by atoms with Gasteiger partial charge in [-0.25, -0.2) is 4.98 Å². The fourth-order valence-corrected chi connectivity index (χ4v) is 2.30. The molecule has 0 radical (unpaired) electrons. The normalized spacial score (nSPS) is 10.8. The molecule has 3 aromatic rings. The Labute approximate surface area is 118 Å². The van der Waals surface area contributed by atoms with Gasteiger partial charge < -0.3 is 11.1 Å². The first-order chi connectivity index (χ1) is 9.13. The SMILES string of the molecule is Cc1cc(Nc2nc(Br)ccc2N)cc2cn[nH]c12. The van der Waals surface area contributed by atoms with E-state index in [1.807, 2.05) is 31.2 Å². The summed E-state index contributed by atoms with van der Waals surface area (Å²) < 4.78 is 0.741. The molecule has 0 spiro atoms. The van der Waals surface area contributed by atoms with Gasteiger partial charge in [0.25, 0.3) is 0 Å². The molecule has 0 atom stereocenters. The highest BCUT2D eigenvalue weighted by Gasteiger charge is 2.06. The van der Waals surface area contributed by atoms with E-state index in [2.05, 4.69) is 36.4 Å². The highest BCUT2D eigenvalue weighted by molar-refractivity contribution is 9.10. The second-order valence-corrected chi connectivity index (χ2v) is 5.14. The van der Waals surface area contributed by atoms with Crippen molar-refractivity contribution in [3.63, 3.8) is 0 Å². The molecule has 0 fully saturated rings. The molecule has 2 heterocycles. The molecule has 0 aliphatic heterocycles. The molecule has 0 aliphatic carbocycles. The highest BCUT2D eigenvalue weighted by Crippen LogP contribution is 2.26. The van der Waals surface area contributed by atoms with Crippen LogP contribution in [0.4, 0.5) is 17.2 Å². The van der Waals surface area contributed by atoms with Gasteiger partial charge >= 0.3 is 0 Å². The van der Waals surface area contributed by atoms with E-state index in [0.717, 1.165) is 26.8 Å². The van der Waals surface area contributed by atoms with Crippen molar-refractivity contribution >= 4 is 44.0 Å².